The first-order chi connectivity index (χ1) is 14.7. The standard InChI is InChI=1S/C27H36N4/c1-17-13-23-24(27(4,5)12-11-26(23,2)3)16-21(17)15-19-8-6-7-18-14-20(9-10-22(18)19)25(30-28)31-29/h9-10,13-16H,6-8,11-12,28-29H2,1-5H3,(H,30,31)/b19-15-. The van der Waals surface area contributed by atoms with Gasteiger partial charge < -0.3 is 11.3 Å². The number of nitrogens with two attached hydrogens (primary N) is 2. The Kier molecular flexibility index (Phi) is 5.47. The summed E-state index contributed by atoms with van der Waals surface area (Å²) in [5.74, 6) is 11.5. The maximum Gasteiger partial charge on any atom is 0.166 e. The van der Waals surface area contributed by atoms with E-state index in [0.29, 0.717) is 5.84 Å². The second kappa shape index (κ2) is 7.83. The van der Waals surface area contributed by atoms with Crippen LogP contribution in [0.15, 0.2) is 35.4 Å². The molecule has 2 aliphatic carbocycles. The average molecular weight is 417 g/mol. The predicted octanol–water partition coefficient (Wildman–Crippen LogP) is 5.30. The molecule has 31 heavy (non-hydrogen) atoms. The second-order valence-corrected chi connectivity index (χ2v) is 10.5. The monoisotopic (exact) mass is 416 g/mol. The first kappa shape index (κ1) is 21.6. The molecule has 5 N–H and O–H groups in total. The third kappa shape index (κ3) is 3.89. The van der Waals surface area contributed by atoms with Crippen molar-refractivity contribution in [2.45, 2.75) is 77.6 Å². The highest BCUT2D eigenvalue weighted by Crippen LogP contribution is 2.47. The van der Waals surface area contributed by atoms with Crippen molar-refractivity contribution in [1.82, 2.24) is 5.43 Å². The van der Waals surface area contributed by atoms with Crippen LogP contribution in [0.25, 0.3) is 11.6 Å². The first-order valence-corrected chi connectivity index (χ1v) is 11.4. The summed E-state index contributed by atoms with van der Waals surface area (Å²) in [4.78, 5) is 0. The number of fused-ring (bicyclic) bond motifs is 2. The van der Waals surface area contributed by atoms with Gasteiger partial charge in [-0.15, -0.1) is 0 Å². The van der Waals surface area contributed by atoms with E-state index in [-0.39, 0.29) is 10.8 Å². The fraction of sp³-hybridized carbons (Fsp3) is 0.444. The molecule has 0 saturated carbocycles. The van der Waals surface area contributed by atoms with Crippen LogP contribution in [-0.2, 0) is 17.3 Å². The fourth-order valence-electron chi connectivity index (χ4n) is 5.29. The van der Waals surface area contributed by atoms with Gasteiger partial charge in [0, 0.05) is 5.56 Å². The van der Waals surface area contributed by atoms with Gasteiger partial charge in [0.2, 0.25) is 0 Å². The lowest BCUT2D eigenvalue weighted by Gasteiger charge is -2.42. The quantitative estimate of drug-likeness (QED) is 0.269. The third-order valence-corrected chi connectivity index (χ3v) is 7.45. The number of rotatable bonds is 2. The Bertz CT molecular complexity index is 1070. The van der Waals surface area contributed by atoms with E-state index >= 15 is 0 Å². The van der Waals surface area contributed by atoms with E-state index in [4.69, 9.17) is 11.7 Å². The Morgan fingerprint density at radius 1 is 1.00 bits per heavy atom. The van der Waals surface area contributed by atoms with E-state index in [0.717, 1.165) is 24.8 Å². The van der Waals surface area contributed by atoms with Crippen LogP contribution in [0, 0.1) is 6.92 Å². The van der Waals surface area contributed by atoms with Gasteiger partial charge in [0.15, 0.2) is 5.84 Å². The van der Waals surface area contributed by atoms with Crippen molar-refractivity contribution < 1.29 is 0 Å². The lowest BCUT2D eigenvalue weighted by molar-refractivity contribution is 0.331. The van der Waals surface area contributed by atoms with Crippen LogP contribution in [-0.4, -0.2) is 5.84 Å². The van der Waals surface area contributed by atoms with E-state index in [9.17, 15) is 0 Å². The zero-order valence-electron chi connectivity index (χ0n) is 19.6. The Morgan fingerprint density at radius 3 is 2.32 bits per heavy atom. The van der Waals surface area contributed by atoms with Gasteiger partial charge in [-0.2, -0.15) is 5.10 Å². The van der Waals surface area contributed by atoms with E-state index in [1.54, 1.807) is 0 Å². The summed E-state index contributed by atoms with van der Waals surface area (Å²) in [6, 6.07) is 11.3. The normalized spacial score (nSPS) is 20.8. The minimum absolute atomic E-state index is 0.221. The SMILES string of the molecule is Cc1cc2c(cc1/C=C1/CCCc3cc(/C(=N/N)NN)ccc31)C(C)(C)CCC2(C)C. The summed E-state index contributed by atoms with van der Waals surface area (Å²) in [6.45, 7) is 11.8. The van der Waals surface area contributed by atoms with Gasteiger partial charge >= 0.3 is 0 Å². The van der Waals surface area contributed by atoms with Crippen molar-refractivity contribution in [2.75, 3.05) is 0 Å². The van der Waals surface area contributed by atoms with Crippen molar-refractivity contribution in [3.8, 4) is 0 Å². The molecule has 164 valence electrons. The van der Waals surface area contributed by atoms with Gasteiger partial charge in [0.25, 0.3) is 0 Å². The number of benzene rings is 2. The van der Waals surface area contributed by atoms with E-state index in [1.807, 2.05) is 0 Å². The molecule has 4 heteroatoms. The number of hydrogen-bond acceptors (Lipinski definition) is 3. The predicted molar refractivity (Wildman–Crippen MR) is 132 cm³/mol. The maximum absolute atomic E-state index is 5.56. The van der Waals surface area contributed by atoms with Crippen LogP contribution in [0.5, 0.6) is 0 Å². The molecule has 0 radical (unpaired) electrons. The lowest BCUT2D eigenvalue weighted by atomic mass is 9.62. The fourth-order valence-corrected chi connectivity index (χ4v) is 5.29. The summed E-state index contributed by atoms with van der Waals surface area (Å²) in [5, 5.41) is 3.76. The van der Waals surface area contributed by atoms with Crippen molar-refractivity contribution in [3.63, 3.8) is 0 Å². The summed E-state index contributed by atoms with van der Waals surface area (Å²) >= 11 is 0. The molecular formula is C27H36N4. The van der Waals surface area contributed by atoms with Gasteiger partial charge in [0.05, 0.1) is 0 Å². The Hall–Kier alpha value is -2.59. The van der Waals surface area contributed by atoms with Crippen molar-refractivity contribution in [2.24, 2.45) is 16.8 Å². The van der Waals surface area contributed by atoms with E-state index in [1.165, 1.54) is 51.8 Å². The average Bonchev–Trinajstić information content (AvgIpc) is 2.73. The third-order valence-electron chi connectivity index (χ3n) is 7.45. The highest BCUT2D eigenvalue weighted by Gasteiger charge is 2.37. The highest BCUT2D eigenvalue weighted by molar-refractivity contribution is 5.99. The Labute approximate surface area is 186 Å². The summed E-state index contributed by atoms with van der Waals surface area (Å²) in [5.41, 5.74) is 13.8. The molecule has 0 atom stereocenters. The molecule has 0 amide bonds. The van der Waals surface area contributed by atoms with Crippen LogP contribution in [0.4, 0.5) is 0 Å². The molecule has 0 aliphatic heterocycles. The zero-order chi connectivity index (χ0) is 22.4. The number of allylic oxidation sites excluding steroid dienone is 1. The highest BCUT2D eigenvalue weighted by atomic mass is 15.3. The molecule has 4 nitrogen and oxygen atoms in total. The number of hydrazine groups is 1. The van der Waals surface area contributed by atoms with Crippen LogP contribution in [0.3, 0.4) is 0 Å². The Morgan fingerprint density at radius 2 is 1.68 bits per heavy atom. The molecule has 0 aromatic heterocycles. The summed E-state index contributed by atoms with van der Waals surface area (Å²) < 4.78 is 0. The molecule has 0 unspecified atom stereocenters. The number of hydrazone groups is 1. The van der Waals surface area contributed by atoms with E-state index in [2.05, 4.69) is 81.6 Å². The topological polar surface area (TPSA) is 76.4 Å². The molecule has 4 rings (SSSR count). The molecule has 2 aromatic rings. The molecule has 0 saturated heterocycles. The smallest absolute Gasteiger partial charge is 0.166 e. The van der Waals surface area contributed by atoms with Gasteiger partial charge in [0.1, 0.15) is 0 Å². The molecule has 0 fully saturated rings. The number of aryl methyl sites for hydroxylation is 2. The minimum Gasteiger partial charge on any atom is -0.321 e. The maximum atomic E-state index is 5.56. The first-order valence-electron chi connectivity index (χ1n) is 11.4. The van der Waals surface area contributed by atoms with Gasteiger partial charge in [-0.1, -0.05) is 58.0 Å². The number of amidine groups is 1. The van der Waals surface area contributed by atoms with Gasteiger partial charge in [-0.05, 0) is 94.9 Å². The van der Waals surface area contributed by atoms with Gasteiger partial charge in [-0.25, -0.2) is 5.84 Å². The second-order valence-electron chi connectivity index (χ2n) is 10.5. The van der Waals surface area contributed by atoms with Crippen LogP contribution in [0.1, 0.15) is 92.3 Å². The molecule has 0 spiro atoms. The van der Waals surface area contributed by atoms with Crippen LogP contribution >= 0.6 is 0 Å². The van der Waals surface area contributed by atoms with Crippen molar-refractivity contribution >= 4 is 17.5 Å². The minimum atomic E-state index is 0.221. The largest absolute Gasteiger partial charge is 0.321 e. The number of nitrogens with zero attached hydrogens (tertiary/aromatic N) is 1. The molecular weight excluding hydrogens is 380 g/mol. The van der Waals surface area contributed by atoms with Gasteiger partial charge in [-0.3, -0.25) is 0 Å². The van der Waals surface area contributed by atoms with Crippen LogP contribution < -0.4 is 17.1 Å². The molecule has 2 aliphatic rings. The zero-order valence-corrected chi connectivity index (χ0v) is 19.6. The lowest BCUT2D eigenvalue weighted by Crippen LogP contribution is -2.34. The molecule has 0 heterocycles. The van der Waals surface area contributed by atoms with E-state index < -0.39 is 0 Å². The molecule has 2 aromatic carbocycles. The van der Waals surface area contributed by atoms with Crippen molar-refractivity contribution in [1.29, 1.82) is 0 Å². The molecule has 0 bridgehead atoms. The Balaban J connectivity index is 1.79. The van der Waals surface area contributed by atoms with Crippen molar-refractivity contribution in [3.05, 3.63) is 69.3 Å². The summed E-state index contributed by atoms with van der Waals surface area (Å²) in [6.07, 6.45) is 8.21. The summed E-state index contributed by atoms with van der Waals surface area (Å²) in [7, 11) is 0. The number of nitrogens with one attached hydrogen (secondary N) is 1. The van der Waals surface area contributed by atoms with Crippen LogP contribution in [0.2, 0.25) is 0 Å². The number of hydrogen-bond donors (Lipinski definition) is 3.